The van der Waals surface area contributed by atoms with Crippen LogP contribution in [0, 0.1) is 19.8 Å². The molecule has 176 valence electrons. The Hall–Kier alpha value is -3.45. The second-order valence-corrected chi connectivity index (χ2v) is 11.0. The van der Waals surface area contributed by atoms with Gasteiger partial charge in [0, 0.05) is 29.5 Å². The fourth-order valence-corrected chi connectivity index (χ4v) is 5.74. The third kappa shape index (κ3) is 5.54. The van der Waals surface area contributed by atoms with Crippen LogP contribution in [0.1, 0.15) is 41.3 Å². The molecule has 0 saturated heterocycles. The Balaban J connectivity index is 1.58. The molecule has 3 aromatic carbocycles. The lowest BCUT2D eigenvalue weighted by atomic mass is 10.1. The average Bonchev–Trinajstić information content (AvgIpc) is 3.57. The Morgan fingerprint density at radius 1 is 0.912 bits per heavy atom. The molecular weight excluding hydrogens is 448 g/mol. The number of amides is 2. The van der Waals surface area contributed by atoms with Crippen molar-refractivity contribution < 1.29 is 18.0 Å². The van der Waals surface area contributed by atoms with E-state index >= 15 is 0 Å². The molecular formula is C27H28N2O4S. The van der Waals surface area contributed by atoms with E-state index in [4.69, 9.17) is 0 Å². The van der Waals surface area contributed by atoms with Gasteiger partial charge in [-0.05, 0) is 98.3 Å². The zero-order valence-electron chi connectivity index (χ0n) is 19.5. The summed E-state index contributed by atoms with van der Waals surface area (Å²) < 4.78 is 25.1. The van der Waals surface area contributed by atoms with Gasteiger partial charge in [0.2, 0.25) is 5.91 Å². The first kappa shape index (κ1) is 23.7. The van der Waals surface area contributed by atoms with Crippen molar-refractivity contribution in [1.82, 2.24) is 0 Å². The predicted octanol–water partition coefficient (Wildman–Crippen LogP) is 5.42. The van der Waals surface area contributed by atoms with E-state index in [0.29, 0.717) is 22.6 Å². The molecule has 1 aliphatic carbocycles. The first-order chi connectivity index (χ1) is 16.1. The number of hydrogen-bond donors (Lipinski definition) is 1. The highest BCUT2D eigenvalue weighted by atomic mass is 32.2. The van der Waals surface area contributed by atoms with Gasteiger partial charge >= 0.3 is 0 Å². The number of aryl methyl sites for hydroxylation is 2. The monoisotopic (exact) mass is 476 g/mol. The molecule has 0 spiro atoms. The third-order valence-corrected chi connectivity index (χ3v) is 7.67. The van der Waals surface area contributed by atoms with Crippen LogP contribution in [-0.2, 0) is 14.6 Å². The van der Waals surface area contributed by atoms with Gasteiger partial charge in [0.05, 0.1) is 10.6 Å². The molecule has 0 heterocycles. The highest BCUT2D eigenvalue weighted by Crippen LogP contribution is 2.33. The third-order valence-electron chi connectivity index (χ3n) is 5.77. The van der Waals surface area contributed by atoms with Gasteiger partial charge in [-0.1, -0.05) is 12.1 Å². The minimum absolute atomic E-state index is 0.167. The number of carbonyl (C=O) groups is 2. The molecule has 3 aromatic rings. The van der Waals surface area contributed by atoms with Gasteiger partial charge in [0.1, 0.15) is 0 Å². The zero-order chi connectivity index (χ0) is 24.5. The molecule has 7 heteroatoms. The summed E-state index contributed by atoms with van der Waals surface area (Å²) in [6.07, 6.45) is 1.92. The predicted molar refractivity (Wildman–Crippen MR) is 134 cm³/mol. The van der Waals surface area contributed by atoms with E-state index in [1.165, 1.54) is 11.8 Å². The Bertz CT molecular complexity index is 1320. The van der Waals surface area contributed by atoms with Crippen LogP contribution in [0.15, 0.2) is 71.6 Å². The molecule has 0 unspecified atom stereocenters. The molecule has 0 radical (unpaired) electrons. The standard InChI is InChI=1S/C27H28N2O4S/c1-18-13-19(2)15-23(14-18)28-27(31)22-5-4-6-25(16-22)29(20(3)30)24-9-11-26(12-10-24)34(32,33)17-21-7-8-21/h4-6,9-16,21H,7-8,17H2,1-3H3,(H,28,31). The first-order valence-electron chi connectivity index (χ1n) is 11.3. The summed E-state index contributed by atoms with van der Waals surface area (Å²) in [5.41, 5.74) is 4.27. The van der Waals surface area contributed by atoms with E-state index in [2.05, 4.69) is 5.32 Å². The number of anilines is 3. The first-order valence-corrected chi connectivity index (χ1v) is 12.9. The minimum atomic E-state index is -3.33. The summed E-state index contributed by atoms with van der Waals surface area (Å²) in [5.74, 6) is -0.103. The van der Waals surface area contributed by atoms with Crippen LogP contribution in [0.3, 0.4) is 0 Å². The van der Waals surface area contributed by atoms with Crippen LogP contribution in [0.4, 0.5) is 17.1 Å². The van der Waals surface area contributed by atoms with Crippen molar-refractivity contribution in [1.29, 1.82) is 0 Å². The van der Waals surface area contributed by atoms with E-state index in [-0.39, 0.29) is 28.4 Å². The van der Waals surface area contributed by atoms with Crippen molar-refractivity contribution in [3.63, 3.8) is 0 Å². The van der Waals surface area contributed by atoms with Crippen molar-refractivity contribution in [3.8, 4) is 0 Å². The van der Waals surface area contributed by atoms with Gasteiger partial charge < -0.3 is 5.32 Å². The van der Waals surface area contributed by atoms with Crippen molar-refractivity contribution >= 4 is 38.7 Å². The van der Waals surface area contributed by atoms with E-state index in [0.717, 1.165) is 24.0 Å². The fourth-order valence-electron chi connectivity index (χ4n) is 4.04. The average molecular weight is 477 g/mol. The molecule has 6 nitrogen and oxygen atoms in total. The number of rotatable bonds is 7. The molecule has 34 heavy (non-hydrogen) atoms. The summed E-state index contributed by atoms with van der Waals surface area (Å²) in [6, 6.07) is 19.0. The number of benzene rings is 3. The maximum Gasteiger partial charge on any atom is 0.255 e. The molecule has 0 atom stereocenters. The highest BCUT2D eigenvalue weighted by Gasteiger charge is 2.29. The minimum Gasteiger partial charge on any atom is -0.322 e. The van der Waals surface area contributed by atoms with E-state index in [9.17, 15) is 18.0 Å². The molecule has 1 fully saturated rings. The number of nitrogens with zero attached hydrogens (tertiary/aromatic N) is 1. The lowest BCUT2D eigenvalue weighted by Crippen LogP contribution is -2.23. The molecule has 0 bridgehead atoms. The highest BCUT2D eigenvalue weighted by molar-refractivity contribution is 7.91. The number of carbonyl (C=O) groups excluding carboxylic acids is 2. The molecule has 1 N–H and O–H groups in total. The van der Waals surface area contributed by atoms with Gasteiger partial charge in [-0.15, -0.1) is 0 Å². The second-order valence-electron chi connectivity index (χ2n) is 8.95. The largest absolute Gasteiger partial charge is 0.322 e. The van der Waals surface area contributed by atoms with Gasteiger partial charge in [-0.3, -0.25) is 14.5 Å². The van der Waals surface area contributed by atoms with E-state index in [1.54, 1.807) is 48.5 Å². The van der Waals surface area contributed by atoms with Crippen molar-refractivity contribution in [2.24, 2.45) is 5.92 Å². The van der Waals surface area contributed by atoms with E-state index < -0.39 is 9.84 Å². The van der Waals surface area contributed by atoms with Crippen LogP contribution in [0.5, 0.6) is 0 Å². The van der Waals surface area contributed by atoms with Gasteiger partial charge in [-0.2, -0.15) is 0 Å². The summed E-state index contributed by atoms with van der Waals surface area (Å²) in [7, 11) is -3.33. The quantitative estimate of drug-likeness (QED) is 0.493. The van der Waals surface area contributed by atoms with Crippen molar-refractivity contribution in [2.45, 2.75) is 38.5 Å². The number of sulfone groups is 1. The Labute approximate surface area is 200 Å². The second kappa shape index (κ2) is 9.43. The molecule has 1 saturated carbocycles. The van der Waals surface area contributed by atoms with Gasteiger partial charge in [-0.25, -0.2) is 8.42 Å². The molecule has 4 rings (SSSR count). The molecule has 0 aliphatic heterocycles. The summed E-state index contributed by atoms with van der Waals surface area (Å²) in [6.45, 7) is 5.37. The lowest BCUT2D eigenvalue weighted by molar-refractivity contribution is -0.115. The van der Waals surface area contributed by atoms with Crippen LogP contribution < -0.4 is 10.2 Å². The molecule has 2 amide bonds. The van der Waals surface area contributed by atoms with Gasteiger partial charge in [0.15, 0.2) is 9.84 Å². The SMILES string of the molecule is CC(=O)N(c1ccc(S(=O)(=O)CC2CC2)cc1)c1cccc(C(=O)Nc2cc(C)cc(C)c2)c1. The van der Waals surface area contributed by atoms with Crippen LogP contribution in [0.2, 0.25) is 0 Å². The molecule has 1 aliphatic rings. The van der Waals surface area contributed by atoms with E-state index in [1.807, 2.05) is 32.0 Å². The van der Waals surface area contributed by atoms with Crippen LogP contribution >= 0.6 is 0 Å². The summed E-state index contributed by atoms with van der Waals surface area (Å²) in [4.78, 5) is 27.1. The topological polar surface area (TPSA) is 83.6 Å². The Morgan fingerprint density at radius 3 is 2.15 bits per heavy atom. The van der Waals surface area contributed by atoms with Gasteiger partial charge in [0.25, 0.3) is 5.91 Å². The van der Waals surface area contributed by atoms with Crippen LogP contribution in [-0.4, -0.2) is 26.0 Å². The Kier molecular flexibility index (Phi) is 6.57. The fraction of sp³-hybridized carbons (Fsp3) is 0.259. The zero-order valence-corrected chi connectivity index (χ0v) is 20.4. The Morgan fingerprint density at radius 2 is 1.56 bits per heavy atom. The number of nitrogens with one attached hydrogen (secondary N) is 1. The summed E-state index contributed by atoms with van der Waals surface area (Å²) >= 11 is 0. The smallest absolute Gasteiger partial charge is 0.255 e. The maximum absolute atomic E-state index is 12.9. The summed E-state index contributed by atoms with van der Waals surface area (Å²) in [5, 5.41) is 2.91. The maximum atomic E-state index is 12.9. The van der Waals surface area contributed by atoms with Crippen molar-refractivity contribution in [3.05, 3.63) is 83.4 Å². The lowest BCUT2D eigenvalue weighted by Gasteiger charge is -2.22. The van der Waals surface area contributed by atoms with Crippen LogP contribution in [0.25, 0.3) is 0 Å². The molecule has 0 aromatic heterocycles. The number of hydrogen-bond acceptors (Lipinski definition) is 4. The van der Waals surface area contributed by atoms with Crippen molar-refractivity contribution in [2.75, 3.05) is 16.0 Å². The normalized spacial score (nSPS) is 13.4.